The summed E-state index contributed by atoms with van der Waals surface area (Å²) in [5.41, 5.74) is 0.460. The number of hydrogen-bond acceptors (Lipinski definition) is 10. The van der Waals surface area contributed by atoms with Gasteiger partial charge in [-0.05, 0) is 62.8 Å². The lowest BCUT2D eigenvalue weighted by molar-refractivity contribution is 0.0288. The van der Waals surface area contributed by atoms with Crippen LogP contribution in [0.3, 0.4) is 0 Å². The molecule has 2 unspecified atom stereocenters. The first kappa shape index (κ1) is 51.1. The van der Waals surface area contributed by atoms with Gasteiger partial charge < -0.3 is 25.2 Å². The van der Waals surface area contributed by atoms with Crippen molar-refractivity contribution in [2.75, 3.05) is 37.1 Å². The lowest BCUT2D eigenvalue weighted by Crippen LogP contribution is -2.39. The molecular formula is C39H74N2O9S3. The molecule has 11 nitrogen and oxygen atoms in total. The SMILES string of the molecule is CCCCCCCCCCC(OC(=O)NCCCS(C)(=O)=O)c1ccsc1.CCCCCCCCCCCC(C)(C)OC(=O)NCC(O)CS(C)(=O)=O. The van der Waals surface area contributed by atoms with E-state index in [1.54, 1.807) is 11.3 Å². The summed E-state index contributed by atoms with van der Waals surface area (Å²) in [7, 11) is -6.27. The number of hydrogen-bond donors (Lipinski definition) is 3. The first-order chi connectivity index (χ1) is 25.0. The fraction of sp³-hybridized carbons (Fsp3) is 0.846. The van der Waals surface area contributed by atoms with Crippen LogP contribution in [0.2, 0.25) is 0 Å². The van der Waals surface area contributed by atoms with Crippen molar-refractivity contribution in [1.29, 1.82) is 0 Å². The van der Waals surface area contributed by atoms with Crippen LogP contribution in [0.1, 0.15) is 168 Å². The monoisotopic (exact) mass is 810 g/mol. The quantitative estimate of drug-likeness (QED) is 0.0642. The van der Waals surface area contributed by atoms with Gasteiger partial charge >= 0.3 is 12.2 Å². The largest absolute Gasteiger partial charge is 0.444 e. The maximum absolute atomic E-state index is 12.0. The second-order valence-electron chi connectivity index (χ2n) is 15.0. The lowest BCUT2D eigenvalue weighted by atomic mass is 9.99. The minimum atomic E-state index is -3.28. The van der Waals surface area contributed by atoms with E-state index in [-0.39, 0.29) is 24.2 Å². The molecule has 1 heterocycles. The number of aliphatic hydroxyl groups excluding tert-OH is 1. The normalized spacial score (nSPS) is 13.0. The minimum Gasteiger partial charge on any atom is -0.444 e. The smallest absolute Gasteiger partial charge is 0.407 e. The Balaban J connectivity index is 0.00000102. The summed E-state index contributed by atoms with van der Waals surface area (Å²) >= 11 is 1.60. The van der Waals surface area contributed by atoms with Crippen molar-refractivity contribution < 1.29 is 41.0 Å². The van der Waals surface area contributed by atoms with Crippen molar-refractivity contribution in [1.82, 2.24) is 10.6 Å². The minimum absolute atomic E-state index is 0.0689. The molecule has 0 saturated carbocycles. The van der Waals surface area contributed by atoms with Crippen LogP contribution in [0.25, 0.3) is 0 Å². The van der Waals surface area contributed by atoms with E-state index in [9.17, 15) is 31.5 Å². The molecule has 0 aliphatic carbocycles. The highest BCUT2D eigenvalue weighted by molar-refractivity contribution is 7.90. The molecule has 53 heavy (non-hydrogen) atoms. The Morgan fingerprint density at radius 3 is 1.77 bits per heavy atom. The van der Waals surface area contributed by atoms with Gasteiger partial charge in [-0.15, -0.1) is 0 Å². The van der Waals surface area contributed by atoms with Crippen LogP contribution in [0.5, 0.6) is 0 Å². The average Bonchev–Trinajstić information content (AvgIpc) is 3.60. The van der Waals surface area contributed by atoms with Gasteiger partial charge in [0.05, 0.1) is 17.6 Å². The van der Waals surface area contributed by atoms with Gasteiger partial charge in [-0.25, -0.2) is 26.4 Å². The molecule has 0 saturated heterocycles. The molecule has 312 valence electrons. The van der Waals surface area contributed by atoms with E-state index in [1.165, 1.54) is 89.7 Å². The summed E-state index contributed by atoms with van der Waals surface area (Å²) in [6, 6.07) is 2.00. The van der Waals surface area contributed by atoms with E-state index in [4.69, 9.17) is 9.47 Å². The zero-order valence-corrected chi connectivity index (χ0v) is 36.2. The van der Waals surface area contributed by atoms with E-state index < -0.39 is 43.6 Å². The maximum Gasteiger partial charge on any atom is 0.407 e. The number of alkyl carbamates (subject to hydrolysis) is 2. The molecule has 1 aromatic rings. The van der Waals surface area contributed by atoms with E-state index >= 15 is 0 Å². The van der Waals surface area contributed by atoms with Crippen molar-refractivity contribution in [2.24, 2.45) is 0 Å². The van der Waals surface area contributed by atoms with Crippen LogP contribution in [0.15, 0.2) is 16.8 Å². The zero-order valence-electron chi connectivity index (χ0n) is 33.8. The van der Waals surface area contributed by atoms with Crippen molar-refractivity contribution in [3.8, 4) is 0 Å². The molecule has 1 aromatic heterocycles. The number of thiophene rings is 1. The number of carbonyl (C=O) groups excluding carboxylic acids is 2. The Bertz CT molecular complexity index is 1270. The number of nitrogens with one attached hydrogen (secondary N) is 2. The van der Waals surface area contributed by atoms with Gasteiger partial charge in [0.25, 0.3) is 0 Å². The van der Waals surface area contributed by atoms with Crippen LogP contribution < -0.4 is 10.6 Å². The molecule has 0 fully saturated rings. The van der Waals surface area contributed by atoms with E-state index in [2.05, 4.69) is 24.5 Å². The Hall–Kier alpha value is -1.90. The van der Waals surface area contributed by atoms with Gasteiger partial charge in [-0.1, -0.05) is 110 Å². The van der Waals surface area contributed by atoms with Gasteiger partial charge in [0.2, 0.25) is 0 Å². The Morgan fingerprint density at radius 1 is 0.755 bits per heavy atom. The van der Waals surface area contributed by atoms with Gasteiger partial charge in [0.15, 0.2) is 0 Å². The van der Waals surface area contributed by atoms with Crippen LogP contribution in [0.4, 0.5) is 9.59 Å². The van der Waals surface area contributed by atoms with Crippen molar-refractivity contribution in [3.63, 3.8) is 0 Å². The molecule has 14 heteroatoms. The Kier molecular flexibility index (Phi) is 29.2. The predicted molar refractivity (Wildman–Crippen MR) is 219 cm³/mol. The molecule has 0 radical (unpaired) electrons. The van der Waals surface area contributed by atoms with E-state index in [0.29, 0.717) is 13.0 Å². The second kappa shape index (κ2) is 30.3. The summed E-state index contributed by atoms with van der Waals surface area (Å²) in [6.07, 6.45) is 22.9. The summed E-state index contributed by atoms with van der Waals surface area (Å²) in [6.45, 7) is 8.35. The molecule has 3 N–H and O–H groups in total. The van der Waals surface area contributed by atoms with Crippen molar-refractivity contribution >= 4 is 43.2 Å². The number of unbranched alkanes of at least 4 members (excludes halogenated alkanes) is 15. The van der Waals surface area contributed by atoms with E-state index in [1.807, 2.05) is 30.7 Å². The first-order valence-electron chi connectivity index (χ1n) is 19.9. The van der Waals surface area contributed by atoms with Crippen LogP contribution in [-0.2, 0) is 29.1 Å². The Labute approximate surface area is 327 Å². The van der Waals surface area contributed by atoms with Crippen LogP contribution in [-0.4, -0.2) is 82.9 Å². The number of rotatable bonds is 30. The average molecular weight is 811 g/mol. The maximum atomic E-state index is 12.0. The standard InChI is InChI=1S/C20H35NO4S2.C19H39NO5S/c1-3-4-5-6-7-8-9-10-12-19(18-13-15-26-17-18)25-20(22)21-14-11-16-27(2,23)24;1-5-6-7-8-9-10-11-12-13-14-19(2,3)25-18(22)20-15-17(21)16-26(4,23)24/h13,15,17,19H,3-12,14,16H2,1-2H3,(H,21,22);17,21H,5-16H2,1-4H3,(H,20,22). The molecule has 1 rings (SSSR count). The Morgan fingerprint density at radius 2 is 1.28 bits per heavy atom. The summed E-state index contributed by atoms with van der Waals surface area (Å²) in [4.78, 5) is 23.8. The first-order valence-corrected chi connectivity index (χ1v) is 25.0. The third kappa shape index (κ3) is 34.3. The molecule has 0 bridgehead atoms. The topological polar surface area (TPSA) is 165 Å². The van der Waals surface area contributed by atoms with Crippen LogP contribution in [0, 0.1) is 0 Å². The highest BCUT2D eigenvalue weighted by atomic mass is 32.2. The van der Waals surface area contributed by atoms with Crippen LogP contribution >= 0.6 is 11.3 Å². The fourth-order valence-electron chi connectivity index (χ4n) is 5.72. The van der Waals surface area contributed by atoms with Gasteiger partial charge in [0.1, 0.15) is 31.4 Å². The summed E-state index contributed by atoms with van der Waals surface area (Å²) in [5.74, 6) is -0.311. The fourth-order valence-corrected chi connectivity index (χ4v) is 7.91. The third-order valence-electron chi connectivity index (χ3n) is 8.67. The van der Waals surface area contributed by atoms with Crippen molar-refractivity contribution in [2.45, 2.75) is 174 Å². The second-order valence-corrected chi connectivity index (χ2v) is 20.2. The number of aliphatic hydroxyl groups is 1. The van der Waals surface area contributed by atoms with E-state index in [0.717, 1.165) is 50.3 Å². The molecule has 2 amide bonds. The predicted octanol–water partition coefficient (Wildman–Crippen LogP) is 9.30. The molecule has 0 aromatic carbocycles. The zero-order chi connectivity index (χ0) is 40.0. The highest BCUT2D eigenvalue weighted by Gasteiger charge is 2.23. The van der Waals surface area contributed by atoms with Gasteiger partial charge in [-0.3, -0.25) is 0 Å². The molecule has 0 spiro atoms. The molecule has 2 atom stereocenters. The third-order valence-corrected chi connectivity index (χ3v) is 11.4. The summed E-state index contributed by atoms with van der Waals surface area (Å²) in [5, 5.41) is 18.7. The molecule has 0 aliphatic heterocycles. The molecule has 0 aliphatic rings. The lowest BCUT2D eigenvalue weighted by Gasteiger charge is -2.25. The number of sulfone groups is 2. The summed E-state index contributed by atoms with van der Waals surface area (Å²) < 4.78 is 55.3. The number of carbonyl (C=O) groups is 2. The van der Waals surface area contributed by atoms with Gasteiger partial charge in [-0.2, -0.15) is 11.3 Å². The highest BCUT2D eigenvalue weighted by Crippen LogP contribution is 2.26. The number of ether oxygens (including phenoxy) is 2. The molecular weight excluding hydrogens is 737 g/mol. The number of amides is 2. The van der Waals surface area contributed by atoms with Crippen molar-refractivity contribution in [3.05, 3.63) is 22.4 Å². The van der Waals surface area contributed by atoms with Gasteiger partial charge in [0, 0.05) is 31.2 Å².